The van der Waals surface area contributed by atoms with Crippen LogP contribution >= 0.6 is 0 Å². The van der Waals surface area contributed by atoms with E-state index >= 15 is 0 Å². The van der Waals surface area contributed by atoms with Gasteiger partial charge in [-0.05, 0) is 71.0 Å². The minimum atomic E-state index is -4.09. The maximum absolute atomic E-state index is 12.5. The Kier molecular flexibility index (Phi) is 9.85. The van der Waals surface area contributed by atoms with Crippen LogP contribution in [0.15, 0.2) is 4.99 Å². The zero-order valence-corrected chi connectivity index (χ0v) is 17.5. The van der Waals surface area contributed by atoms with Crippen molar-refractivity contribution in [1.29, 1.82) is 0 Å². The summed E-state index contributed by atoms with van der Waals surface area (Å²) in [4.78, 5) is 8.77. The van der Waals surface area contributed by atoms with Gasteiger partial charge in [0.2, 0.25) is 0 Å². The topological polar surface area (TPSA) is 42.9 Å². The predicted molar refractivity (Wildman–Crippen MR) is 109 cm³/mol. The van der Waals surface area contributed by atoms with E-state index in [1.54, 1.807) is 0 Å². The third kappa shape index (κ3) is 8.99. The maximum atomic E-state index is 12.5. The van der Waals surface area contributed by atoms with Gasteiger partial charge in [-0.2, -0.15) is 13.2 Å². The summed E-state index contributed by atoms with van der Waals surface area (Å²) < 4.78 is 37.4. The summed E-state index contributed by atoms with van der Waals surface area (Å²) in [5.74, 6) is 1.36. The molecule has 0 unspecified atom stereocenters. The summed E-state index contributed by atoms with van der Waals surface area (Å²) in [5, 5.41) is 6.90. The number of nitrogens with zero attached hydrogens (tertiary/aromatic N) is 3. The van der Waals surface area contributed by atoms with Crippen LogP contribution in [0.5, 0.6) is 0 Å². The van der Waals surface area contributed by atoms with Crippen molar-refractivity contribution in [3.63, 3.8) is 0 Å². The van der Waals surface area contributed by atoms with E-state index in [9.17, 15) is 13.2 Å². The molecule has 2 N–H and O–H groups in total. The number of likely N-dealkylation sites (tertiary alicyclic amines) is 2. The smallest absolute Gasteiger partial charge is 0.357 e. The van der Waals surface area contributed by atoms with Gasteiger partial charge in [-0.15, -0.1) is 0 Å². The first-order valence-corrected chi connectivity index (χ1v) is 11.0. The maximum Gasteiger partial charge on any atom is 0.401 e. The Balaban J connectivity index is 1.69. The summed E-state index contributed by atoms with van der Waals surface area (Å²) >= 11 is 0. The average Bonchev–Trinajstić information content (AvgIpc) is 2.64. The molecule has 8 heteroatoms. The van der Waals surface area contributed by atoms with E-state index in [1.807, 2.05) is 0 Å². The number of guanidine groups is 1. The normalized spacial score (nSPS) is 21.8. The Labute approximate surface area is 168 Å². The first-order valence-electron chi connectivity index (χ1n) is 11.0. The number of alkyl halides is 3. The van der Waals surface area contributed by atoms with Crippen LogP contribution in [-0.2, 0) is 0 Å². The van der Waals surface area contributed by atoms with E-state index in [1.165, 1.54) is 17.9 Å². The van der Waals surface area contributed by atoms with Crippen LogP contribution in [-0.4, -0.2) is 80.3 Å². The van der Waals surface area contributed by atoms with E-state index in [0.717, 1.165) is 64.2 Å². The van der Waals surface area contributed by atoms with Crippen molar-refractivity contribution >= 4 is 5.96 Å². The first-order chi connectivity index (χ1) is 13.4. The molecular formula is C20H38F3N5. The molecule has 0 radical (unpaired) electrons. The quantitative estimate of drug-likeness (QED) is 0.481. The van der Waals surface area contributed by atoms with Gasteiger partial charge in [0.05, 0.1) is 6.54 Å². The number of piperidine rings is 2. The molecule has 0 atom stereocenters. The lowest BCUT2D eigenvalue weighted by molar-refractivity contribution is -0.148. The molecule has 0 aliphatic carbocycles. The summed E-state index contributed by atoms with van der Waals surface area (Å²) in [6, 6.07) is 0.469. The van der Waals surface area contributed by atoms with Gasteiger partial charge in [-0.1, -0.05) is 6.92 Å². The Bertz CT molecular complexity index is 453. The Morgan fingerprint density at radius 1 is 1.00 bits per heavy atom. The molecule has 2 fully saturated rings. The zero-order chi connectivity index (χ0) is 20.4. The molecule has 0 bridgehead atoms. The van der Waals surface area contributed by atoms with Gasteiger partial charge in [0, 0.05) is 32.2 Å². The Hall–Kier alpha value is -1.02. The number of hydrogen-bond donors (Lipinski definition) is 2. The van der Waals surface area contributed by atoms with Crippen LogP contribution in [0.1, 0.15) is 52.4 Å². The van der Waals surface area contributed by atoms with Gasteiger partial charge in [0.15, 0.2) is 5.96 Å². The van der Waals surface area contributed by atoms with Crippen molar-refractivity contribution < 1.29 is 13.2 Å². The largest absolute Gasteiger partial charge is 0.401 e. The molecule has 0 aromatic heterocycles. The van der Waals surface area contributed by atoms with Crippen LogP contribution in [0.3, 0.4) is 0 Å². The van der Waals surface area contributed by atoms with Gasteiger partial charge in [-0.3, -0.25) is 9.89 Å². The lowest BCUT2D eigenvalue weighted by Crippen LogP contribution is -2.48. The van der Waals surface area contributed by atoms with E-state index in [0.29, 0.717) is 25.0 Å². The fourth-order valence-corrected chi connectivity index (χ4v) is 4.18. The van der Waals surface area contributed by atoms with Gasteiger partial charge in [-0.25, -0.2) is 0 Å². The van der Waals surface area contributed by atoms with Crippen molar-refractivity contribution in [2.75, 3.05) is 52.4 Å². The lowest BCUT2D eigenvalue weighted by atomic mass is 9.93. The third-order valence-corrected chi connectivity index (χ3v) is 5.73. The molecular weight excluding hydrogens is 367 g/mol. The molecule has 28 heavy (non-hydrogen) atoms. The van der Waals surface area contributed by atoms with Crippen LogP contribution < -0.4 is 10.6 Å². The zero-order valence-electron chi connectivity index (χ0n) is 17.5. The molecule has 2 rings (SSSR count). The highest BCUT2D eigenvalue weighted by molar-refractivity contribution is 5.80. The monoisotopic (exact) mass is 405 g/mol. The molecule has 164 valence electrons. The number of aliphatic imine (C=N–C) groups is 1. The third-order valence-electron chi connectivity index (χ3n) is 5.73. The minimum absolute atomic E-state index is 0.469. The molecule has 0 amide bonds. The van der Waals surface area contributed by atoms with Crippen LogP contribution in [0.25, 0.3) is 0 Å². The lowest BCUT2D eigenvalue weighted by Gasteiger charge is -2.33. The van der Waals surface area contributed by atoms with Crippen molar-refractivity contribution in [1.82, 2.24) is 20.4 Å². The van der Waals surface area contributed by atoms with Gasteiger partial charge in [0.1, 0.15) is 0 Å². The highest BCUT2D eigenvalue weighted by atomic mass is 19.4. The van der Waals surface area contributed by atoms with Crippen molar-refractivity contribution in [3.8, 4) is 0 Å². The summed E-state index contributed by atoms with van der Waals surface area (Å²) in [6.07, 6.45) is 2.03. The van der Waals surface area contributed by atoms with E-state index in [4.69, 9.17) is 4.99 Å². The molecule has 0 spiro atoms. The molecule has 2 heterocycles. The predicted octanol–water partition coefficient (Wildman–Crippen LogP) is 3.08. The summed E-state index contributed by atoms with van der Waals surface area (Å²) in [5.41, 5.74) is 0. The van der Waals surface area contributed by atoms with E-state index < -0.39 is 12.7 Å². The number of nitrogens with one attached hydrogen (secondary N) is 2. The minimum Gasteiger partial charge on any atom is -0.357 e. The van der Waals surface area contributed by atoms with Gasteiger partial charge < -0.3 is 15.5 Å². The molecule has 2 aliphatic heterocycles. The summed E-state index contributed by atoms with van der Waals surface area (Å²) in [7, 11) is 0. The Morgan fingerprint density at radius 2 is 1.64 bits per heavy atom. The fourth-order valence-electron chi connectivity index (χ4n) is 4.18. The molecule has 2 saturated heterocycles. The molecule has 0 aromatic carbocycles. The molecule has 0 saturated carbocycles. The highest BCUT2D eigenvalue weighted by Gasteiger charge is 2.32. The molecule has 0 aromatic rings. The van der Waals surface area contributed by atoms with Crippen LogP contribution in [0, 0.1) is 5.92 Å². The highest BCUT2D eigenvalue weighted by Crippen LogP contribution is 2.24. The van der Waals surface area contributed by atoms with Crippen molar-refractivity contribution in [2.24, 2.45) is 10.9 Å². The van der Waals surface area contributed by atoms with Crippen molar-refractivity contribution in [2.45, 2.75) is 64.6 Å². The Morgan fingerprint density at radius 3 is 2.21 bits per heavy atom. The number of hydrogen-bond acceptors (Lipinski definition) is 3. The van der Waals surface area contributed by atoms with Crippen LogP contribution in [0.2, 0.25) is 0 Å². The van der Waals surface area contributed by atoms with E-state index in [-0.39, 0.29) is 0 Å². The average molecular weight is 406 g/mol. The molecule has 5 nitrogen and oxygen atoms in total. The van der Waals surface area contributed by atoms with Gasteiger partial charge >= 0.3 is 6.18 Å². The second-order valence-electron chi connectivity index (χ2n) is 8.14. The molecule has 2 aliphatic rings. The first kappa shape index (κ1) is 23.3. The fraction of sp³-hybridized carbons (Fsp3) is 0.950. The second kappa shape index (κ2) is 11.9. The van der Waals surface area contributed by atoms with E-state index in [2.05, 4.69) is 29.4 Å². The number of rotatable bonds is 8. The SMILES string of the molecule is CCCN1CCC(NC(=NCCC2CCN(CC(F)(F)F)CC2)NCC)CC1. The number of halogens is 3. The van der Waals surface area contributed by atoms with Crippen LogP contribution in [0.4, 0.5) is 13.2 Å². The van der Waals surface area contributed by atoms with Gasteiger partial charge in [0.25, 0.3) is 0 Å². The standard InChI is InChI=1S/C20H38F3N5/c1-3-11-27-14-8-18(9-15-27)26-19(24-4-2)25-10-5-17-6-12-28(13-7-17)16-20(21,22)23/h17-18H,3-16H2,1-2H3,(H2,24,25,26). The summed E-state index contributed by atoms with van der Waals surface area (Å²) in [6.45, 7) is 9.63. The second-order valence-corrected chi connectivity index (χ2v) is 8.14. The van der Waals surface area contributed by atoms with Crippen molar-refractivity contribution in [3.05, 3.63) is 0 Å².